The Labute approximate surface area is 120 Å². The lowest BCUT2D eigenvalue weighted by Crippen LogP contribution is -2.39. The second kappa shape index (κ2) is 9.33. The Hall–Kier alpha value is -1.63. The molecule has 0 unspecified atom stereocenters. The number of carbonyl (C=O) groups excluding carboxylic acids is 1. The van der Waals surface area contributed by atoms with Crippen LogP contribution in [0.2, 0.25) is 0 Å². The molecule has 7 heteroatoms. The van der Waals surface area contributed by atoms with E-state index < -0.39 is 18.6 Å². The molecular formula is C14H18F4N2O. The zero-order valence-electron chi connectivity index (χ0n) is 11.5. The summed E-state index contributed by atoms with van der Waals surface area (Å²) in [6.45, 7) is 1.11. The molecule has 1 N–H and O–H groups in total. The van der Waals surface area contributed by atoms with Gasteiger partial charge in [0, 0.05) is 25.1 Å². The van der Waals surface area contributed by atoms with Crippen molar-refractivity contribution in [2.24, 2.45) is 0 Å². The molecule has 0 saturated carbocycles. The van der Waals surface area contributed by atoms with E-state index in [0.29, 0.717) is 6.42 Å². The van der Waals surface area contributed by atoms with Crippen LogP contribution < -0.4 is 5.32 Å². The molecule has 21 heavy (non-hydrogen) atoms. The summed E-state index contributed by atoms with van der Waals surface area (Å²) >= 11 is 0. The highest BCUT2D eigenvalue weighted by molar-refractivity contribution is 5.76. The molecule has 3 nitrogen and oxygen atoms in total. The minimum absolute atomic E-state index is 0.0302. The maximum absolute atomic E-state index is 13.3. The monoisotopic (exact) mass is 306 g/mol. The normalized spacial score (nSPS) is 13.9. The van der Waals surface area contributed by atoms with E-state index in [1.807, 2.05) is 0 Å². The van der Waals surface area contributed by atoms with Gasteiger partial charge in [0.2, 0.25) is 12.8 Å². The Morgan fingerprint density at radius 3 is 2.48 bits per heavy atom. The lowest BCUT2D eigenvalue weighted by atomic mass is 10.2. The van der Waals surface area contributed by atoms with Gasteiger partial charge in [0.15, 0.2) is 0 Å². The lowest BCUT2D eigenvalue weighted by molar-refractivity contribution is -0.121. The maximum atomic E-state index is 13.3. The van der Waals surface area contributed by atoms with Gasteiger partial charge in [-0.2, -0.15) is 0 Å². The molecule has 0 radical (unpaired) electrons. The van der Waals surface area contributed by atoms with Gasteiger partial charge in [-0.3, -0.25) is 4.79 Å². The average molecular weight is 306 g/mol. The molecule has 2 rings (SSSR count). The fourth-order valence-electron chi connectivity index (χ4n) is 1.83. The molecule has 1 aromatic carbocycles. The lowest BCUT2D eigenvalue weighted by Gasteiger charge is -2.30. The van der Waals surface area contributed by atoms with Gasteiger partial charge >= 0.3 is 0 Å². The number of nitrogens with zero attached hydrogens (tertiary/aromatic N) is 1. The Kier molecular flexibility index (Phi) is 7.74. The van der Waals surface area contributed by atoms with Crippen LogP contribution in [0.1, 0.15) is 18.4 Å². The zero-order chi connectivity index (χ0) is 15.7. The Balaban J connectivity index is 0.000000677. The van der Waals surface area contributed by atoms with Gasteiger partial charge in [0.05, 0.1) is 0 Å². The highest BCUT2D eigenvalue weighted by Gasteiger charge is 2.14. The van der Waals surface area contributed by atoms with E-state index in [0.717, 1.165) is 37.8 Å². The number of hydrogen-bond acceptors (Lipinski definition) is 2. The molecule has 0 atom stereocenters. The van der Waals surface area contributed by atoms with Crippen LogP contribution in [0.15, 0.2) is 18.2 Å². The molecule has 1 aliphatic rings. The zero-order valence-corrected chi connectivity index (χ0v) is 11.5. The first-order valence-electron chi connectivity index (χ1n) is 6.61. The van der Waals surface area contributed by atoms with E-state index in [4.69, 9.17) is 0 Å². The van der Waals surface area contributed by atoms with Crippen LogP contribution in [0.3, 0.4) is 0 Å². The largest absolute Gasteiger partial charge is 0.352 e. The standard InChI is InChI=1S/C13H16F2N2O.CH2F2/c14-11-2-3-12(15)10(8-11)9-16-13(18)4-7-17-5-1-6-17;2-1-3/h2-3,8H,1,4-7,9H2,(H,16,18);1H2. The fraction of sp³-hybridized carbons (Fsp3) is 0.500. The van der Waals surface area contributed by atoms with E-state index in [9.17, 15) is 22.4 Å². The first kappa shape index (κ1) is 17.4. The first-order chi connectivity index (χ1) is 10.1. The van der Waals surface area contributed by atoms with Crippen molar-refractivity contribution in [1.82, 2.24) is 10.2 Å². The first-order valence-corrected chi connectivity index (χ1v) is 6.61. The molecule has 0 spiro atoms. The average Bonchev–Trinajstić information content (AvgIpc) is 2.39. The van der Waals surface area contributed by atoms with E-state index in [-0.39, 0.29) is 18.0 Å². The van der Waals surface area contributed by atoms with Gasteiger partial charge in [-0.05, 0) is 37.7 Å². The van der Waals surface area contributed by atoms with Gasteiger partial charge in [0.25, 0.3) is 0 Å². The van der Waals surface area contributed by atoms with Crippen molar-refractivity contribution in [3.63, 3.8) is 0 Å². The number of hydrogen-bond donors (Lipinski definition) is 1. The third kappa shape index (κ3) is 6.57. The van der Waals surface area contributed by atoms with E-state index in [2.05, 4.69) is 10.2 Å². The van der Waals surface area contributed by atoms with Crippen LogP contribution in [-0.2, 0) is 11.3 Å². The number of benzene rings is 1. The highest BCUT2D eigenvalue weighted by atomic mass is 19.3. The van der Waals surface area contributed by atoms with E-state index in [1.54, 1.807) is 0 Å². The summed E-state index contributed by atoms with van der Waals surface area (Å²) in [6, 6.07) is 3.23. The topological polar surface area (TPSA) is 32.3 Å². The van der Waals surface area contributed by atoms with Crippen LogP contribution in [0.25, 0.3) is 0 Å². The number of carbonyl (C=O) groups is 1. The molecule has 1 fully saturated rings. The number of nitrogens with one attached hydrogen (secondary N) is 1. The smallest absolute Gasteiger partial charge is 0.229 e. The highest BCUT2D eigenvalue weighted by Crippen LogP contribution is 2.09. The summed E-state index contributed by atoms with van der Waals surface area (Å²) in [7, 11) is 0. The third-order valence-electron chi connectivity index (χ3n) is 3.09. The predicted octanol–water partition coefficient (Wildman–Crippen LogP) is 2.56. The summed E-state index contributed by atoms with van der Waals surface area (Å²) in [5.74, 6) is -1.13. The van der Waals surface area contributed by atoms with Gasteiger partial charge in [-0.25, -0.2) is 17.6 Å². The van der Waals surface area contributed by atoms with Crippen molar-refractivity contribution in [2.75, 3.05) is 26.6 Å². The van der Waals surface area contributed by atoms with Gasteiger partial charge in [-0.1, -0.05) is 0 Å². The van der Waals surface area contributed by atoms with Gasteiger partial charge in [0.1, 0.15) is 11.6 Å². The van der Waals surface area contributed by atoms with E-state index >= 15 is 0 Å². The Morgan fingerprint density at radius 2 is 1.90 bits per heavy atom. The number of halogens is 4. The second-order valence-corrected chi connectivity index (χ2v) is 4.56. The molecule has 1 heterocycles. The molecule has 118 valence electrons. The SMILES string of the molecule is FCF.O=C(CCN1CCC1)NCc1cc(F)ccc1F. The maximum Gasteiger partial charge on any atom is 0.229 e. The summed E-state index contributed by atoms with van der Waals surface area (Å²) in [6.07, 6.45) is 1.59. The van der Waals surface area contributed by atoms with Crippen molar-refractivity contribution in [1.29, 1.82) is 0 Å². The number of amides is 1. The second-order valence-electron chi connectivity index (χ2n) is 4.56. The molecule has 0 bridgehead atoms. The van der Waals surface area contributed by atoms with Crippen molar-refractivity contribution in [2.45, 2.75) is 19.4 Å². The Bertz CT molecular complexity index is 453. The van der Waals surface area contributed by atoms with Crippen LogP contribution >= 0.6 is 0 Å². The number of likely N-dealkylation sites (tertiary alicyclic amines) is 1. The Morgan fingerprint density at radius 1 is 1.24 bits per heavy atom. The molecular weight excluding hydrogens is 288 g/mol. The summed E-state index contributed by atoms with van der Waals surface area (Å²) in [4.78, 5) is 13.7. The molecule has 1 aromatic rings. The van der Waals surface area contributed by atoms with Crippen LogP contribution in [0.4, 0.5) is 17.6 Å². The minimum atomic E-state index is -1.75. The summed E-state index contributed by atoms with van der Waals surface area (Å²) in [5.41, 5.74) is 0.173. The van der Waals surface area contributed by atoms with Crippen LogP contribution in [-0.4, -0.2) is 37.4 Å². The third-order valence-corrected chi connectivity index (χ3v) is 3.09. The summed E-state index contributed by atoms with van der Waals surface area (Å²) < 4.78 is 45.4. The minimum Gasteiger partial charge on any atom is -0.352 e. The molecule has 1 amide bonds. The van der Waals surface area contributed by atoms with Crippen molar-refractivity contribution >= 4 is 5.91 Å². The molecule has 1 aliphatic heterocycles. The summed E-state index contributed by atoms with van der Waals surface area (Å²) in [5, 5.41) is 2.60. The van der Waals surface area contributed by atoms with Crippen LogP contribution in [0.5, 0.6) is 0 Å². The van der Waals surface area contributed by atoms with Crippen LogP contribution in [0, 0.1) is 11.6 Å². The van der Waals surface area contributed by atoms with Crippen molar-refractivity contribution in [3.05, 3.63) is 35.4 Å². The fourth-order valence-corrected chi connectivity index (χ4v) is 1.83. The molecule has 0 aromatic heterocycles. The molecule has 1 saturated heterocycles. The number of alkyl halides is 2. The van der Waals surface area contributed by atoms with Gasteiger partial charge in [-0.15, -0.1) is 0 Å². The quantitative estimate of drug-likeness (QED) is 0.848. The predicted molar refractivity (Wildman–Crippen MR) is 71.0 cm³/mol. The van der Waals surface area contributed by atoms with Gasteiger partial charge < -0.3 is 10.2 Å². The van der Waals surface area contributed by atoms with E-state index in [1.165, 1.54) is 6.42 Å². The van der Waals surface area contributed by atoms with Crippen molar-refractivity contribution < 1.29 is 22.4 Å². The number of rotatable bonds is 5. The van der Waals surface area contributed by atoms with Crippen molar-refractivity contribution in [3.8, 4) is 0 Å². The molecule has 0 aliphatic carbocycles.